The lowest BCUT2D eigenvalue weighted by Gasteiger charge is -2.46. The first-order valence-electron chi connectivity index (χ1n) is 23.0. The quantitative estimate of drug-likeness (QED) is 0.148. The maximum atomic E-state index is 18.0. The average Bonchev–Trinajstić information content (AvgIpc) is 3.80. The van der Waals surface area contributed by atoms with E-state index in [2.05, 4.69) is 45.7 Å². The highest BCUT2D eigenvalue weighted by molar-refractivity contribution is 6.74. The van der Waals surface area contributed by atoms with Gasteiger partial charge in [-0.1, -0.05) is 38.8 Å². The number of halogens is 2. The van der Waals surface area contributed by atoms with E-state index < -0.39 is 25.3 Å². The van der Waals surface area contributed by atoms with Gasteiger partial charge in [0.2, 0.25) is 5.88 Å². The summed E-state index contributed by atoms with van der Waals surface area (Å²) < 4.78 is 58.0. The molecule has 0 radical (unpaired) electrons. The number of amides is 1. The molecule has 0 bridgehead atoms. The molecule has 2 unspecified atom stereocenters. The normalized spacial score (nSPS) is 24.8. The molecule has 3 saturated heterocycles. The monoisotopic (exact) mass is 923 g/mol. The zero-order valence-electron chi connectivity index (χ0n) is 39.7. The molecule has 17 heteroatoms. The van der Waals surface area contributed by atoms with E-state index in [1.165, 1.54) is 7.11 Å². The lowest BCUT2D eigenvalue weighted by molar-refractivity contribution is -0.0366. The second kappa shape index (κ2) is 17.4. The van der Waals surface area contributed by atoms with Gasteiger partial charge in [0, 0.05) is 48.6 Å². The van der Waals surface area contributed by atoms with E-state index in [0.717, 1.165) is 62.4 Å². The molecular weight excluding hydrogens is 857 g/mol. The van der Waals surface area contributed by atoms with Crippen molar-refractivity contribution in [3.05, 3.63) is 28.7 Å². The number of aromatic nitrogens is 5. The van der Waals surface area contributed by atoms with E-state index in [-0.39, 0.29) is 58.5 Å². The predicted octanol–water partition coefficient (Wildman–Crippen LogP) is 10.4. The van der Waals surface area contributed by atoms with E-state index in [9.17, 15) is 4.79 Å². The molecule has 350 valence electrons. The average molecular weight is 925 g/mol. The summed E-state index contributed by atoms with van der Waals surface area (Å²) in [7, 11) is -0.781. The fourth-order valence-corrected chi connectivity index (χ4v) is 11.9. The molecule has 1 aliphatic carbocycles. The lowest BCUT2D eigenvalue weighted by Crippen LogP contribution is -2.55. The summed E-state index contributed by atoms with van der Waals surface area (Å²) in [6.07, 6.45) is 8.27. The number of piperidine rings is 1. The Morgan fingerprint density at radius 3 is 2.50 bits per heavy atom. The number of methoxy groups -OCH3 is 1. The van der Waals surface area contributed by atoms with Crippen LogP contribution in [0, 0.1) is 18.2 Å². The van der Waals surface area contributed by atoms with Gasteiger partial charge in [0.25, 0.3) is 0 Å². The van der Waals surface area contributed by atoms with Crippen LogP contribution in [0.15, 0.2) is 12.3 Å². The Morgan fingerprint density at radius 2 is 1.80 bits per heavy atom. The van der Waals surface area contributed by atoms with Gasteiger partial charge in [-0.25, -0.2) is 18.9 Å². The van der Waals surface area contributed by atoms with Gasteiger partial charge in [0.15, 0.2) is 20.4 Å². The van der Waals surface area contributed by atoms with Gasteiger partial charge in [-0.05, 0) is 109 Å². The number of rotatable bonds is 9. The van der Waals surface area contributed by atoms with Crippen molar-refractivity contribution in [1.82, 2.24) is 29.6 Å². The van der Waals surface area contributed by atoms with Crippen LogP contribution in [0.2, 0.25) is 23.2 Å². The number of pyridine rings is 1. The van der Waals surface area contributed by atoms with Crippen LogP contribution < -0.4 is 14.4 Å². The number of ether oxygens (including phenoxy) is 5. The van der Waals surface area contributed by atoms with Crippen LogP contribution in [0.4, 0.5) is 15.0 Å². The van der Waals surface area contributed by atoms with Gasteiger partial charge in [0.1, 0.15) is 28.0 Å². The third-order valence-electron chi connectivity index (χ3n) is 14.1. The van der Waals surface area contributed by atoms with Crippen molar-refractivity contribution in [3.63, 3.8) is 0 Å². The van der Waals surface area contributed by atoms with Crippen LogP contribution in [0.25, 0.3) is 33.1 Å². The number of hydrogen-bond acceptors (Lipinski definition) is 12. The number of aryl methyl sites for hydroxylation is 1. The SMILES string of the molecule is COc1nc(-c2c(Cl)c(C)cc3c2cnn3C2CCCCO2)c(F)c2nc(OC[C@]34CCC[C@H]3N(C(=O)OC(C)(C)C)CCC4)nc(N3CCOCC(C)(O[Si](C)(C)C(C)(C)C)C3)c12. The van der Waals surface area contributed by atoms with Gasteiger partial charge < -0.3 is 37.9 Å². The van der Waals surface area contributed by atoms with E-state index in [0.29, 0.717) is 66.6 Å². The smallest absolute Gasteiger partial charge is 0.410 e. The molecule has 6 heterocycles. The van der Waals surface area contributed by atoms with Crippen LogP contribution in [-0.2, 0) is 18.6 Å². The van der Waals surface area contributed by atoms with Crippen molar-refractivity contribution >= 4 is 53.6 Å². The Balaban J connectivity index is 1.26. The predicted molar refractivity (Wildman–Crippen MR) is 249 cm³/mol. The largest absolute Gasteiger partial charge is 0.480 e. The number of fused-ring (bicyclic) bond motifs is 3. The molecule has 4 fully saturated rings. The molecule has 1 aromatic carbocycles. The zero-order chi connectivity index (χ0) is 46.0. The molecular formula is C47H67ClFN7O7Si. The summed E-state index contributed by atoms with van der Waals surface area (Å²) in [5, 5.41) is 5.96. The second-order valence-electron chi connectivity index (χ2n) is 21.2. The standard InChI is InChI=1S/C47H67ClFN7O7Si/c1-29-24-31-30(25-50-56(31)33-17-12-13-22-60-33)34(36(29)48)38-37(49)39-35(41(51-38)58-9)40(54-21-23-59-27-46(8,26-54)63-64(10,11)45(5,6)7)53-42(52-39)61-28-47-18-14-16-32(47)55(20-15-19-47)43(57)62-44(2,3)4/h24-25,32-33H,12-23,26-28H2,1-11H3/t32-,33?,46?,47-/m1/s1. The maximum Gasteiger partial charge on any atom is 0.410 e. The van der Waals surface area contributed by atoms with Crippen LogP contribution in [0.3, 0.4) is 0 Å². The summed E-state index contributed by atoms with van der Waals surface area (Å²) in [5.41, 5.74) is 0.123. The molecule has 0 N–H and O–H groups in total. The van der Waals surface area contributed by atoms with Crippen molar-refractivity contribution in [3.8, 4) is 23.1 Å². The number of anilines is 1. The minimum Gasteiger partial charge on any atom is -0.480 e. The molecule has 1 saturated carbocycles. The first kappa shape index (κ1) is 46.7. The van der Waals surface area contributed by atoms with Gasteiger partial charge >= 0.3 is 12.1 Å². The first-order chi connectivity index (χ1) is 30.1. The summed E-state index contributed by atoms with van der Waals surface area (Å²) in [6.45, 7) is 23.8. The van der Waals surface area contributed by atoms with Crippen LogP contribution in [0.5, 0.6) is 11.9 Å². The van der Waals surface area contributed by atoms with E-state index in [1.54, 1.807) is 6.20 Å². The van der Waals surface area contributed by atoms with Crippen molar-refractivity contribution in [2.75, 3.05) is 58.1 Å². The molecule has 0 spiro atoms. The molecule has 4 aromatic rings. The molecule has 14 nitrogen and oxygen atoms in total. The second-order valence-corrected chi connectivity index (χ2v) is 26.3. The summed E-state index contributed by atoms with van der Waals surface area (Å²) in [6, 6.07) is 1.89. The highest BCUT2D eigenvalue weighted by atomic mass is 35.5. The maximum absolute atomic E-state index is 18.0. The van der Waals surface area contributed by atoms with Crippen LogP contribution >= 0.6 is 11.6 Å². The van der Waals surface area contributed by atoms with Crippen molar-refractivity contribution in [2.45, 2.75) is 148 Å². The van der Waals surface area contributed by atoms with Crippen molar-refractivity contribution in [2.24, 2.45) is 5.41 Å². The molecule has 3 aromatic heterocycles. The number of nitrogens with zero attached hydrogens (tertiary/aromatic N) is 7. The molecule has 8 rings (SSSR count). The third-order valence-corrected chi connectivity index (χ3v) is 19.2. The number of carbonyl (C=O) groups excluding carboxylic acids is 1. The highest BCUT2D eigenvalue weighted by Gasteiger charge is 2.51. The van der Waals surface area contributed by atoms with Gasteiger partial charge in [0.05, 0.1) is 49.3 Å². The fraction of sp³-hybridized carbons (Fsp3) is 0.681. The van der Waals surface area contributed by atoms with Crippen LogP contribution in [-0.4, -0.2) is 114 Å². The van der Waals surface area contributed by atoms with Crippen molar-refractivity contribution < 1.29 is 37.3 Å². The van der Waals surface area contributed by atoms with Gasteiger partial charge in [-0.2, -0.15) is 15.1 Å². The number of carbonyl (C=O) groups is 1. The van der Waals surface area contributed by atoms with Crippen molar-refractivity contribution in [1.29, 1.82) is 0 Å². The number of benzene rings is 1. The number of hydrogen-bond donors (Lipinski definition) is 0. The molecule has 64 heavy (non-hydrogen) atoms. The zero-order valence-corrected chi connectivity index (χ0v) is 41.4. The minimum atomic E-state index is -2.29. The van der Waals surface area contributed by atoms with E-state index >= 15 is 4.39 Å². The molecule has 1 amide bonds. The highest BCUT2D eigenvalue weighted by Crippen LogP contribution is 2.49. The van der Waals surface area contributed by atoms with E-state index in [1.807, 2.05) is 43.3 Å². The third kappa shape index (κ3) is 8.90. The summed E-state index contributed by atoms with van der Waals surface area (Å²) in [4.78, 5) is 32.4. The Bertz CT molecular complexity index is 2400. The number of likely N-dealkylation sites (tertiary alicyclic amines) is 1. The van der Waals surface area contributed by atoms with Gasteiger partial charge in [-0.3, -0.25) is 0 Å². The Morgan fingerprint density at radius 1 is 1.03 bits per heavy atom. The van der Waals surface area contributed by atoms with Gasteiger partial charge in [-0.15, -0.1) is 0 Å². The van der Waals surface area contributed by atoms with Crippen LogP contribution in [0.1, 0.15) is 112 Å². The fourth-order valence-electron chi connectivity index (χ4n) is 10.0. The lowest BCUT2D eigenvalue weighted by atomic mass is 9.75. The first-order valence-corrected chi connectivity index (χ1v) is 26.3. The summed E-state index contributed by atoms with van der Waals surface area (Å²) in [5.74, 6) is -0.169. The molecule has 4 aliphatic rings. The molecule has 3 aliphatic heterocycles. The Hall–Kier alpha value is -3.83. The topological polar surface area (TPSA) is 135 Å². The Kier molecular flexibility index (Phi) is 12.7. The minimum absolute atomic E-state index is 0.00922. The van der Waals surface area contributed by atoms with E-state index in [4.69, 9.17) is 59.8 Å². The Labute approximate surface area is 382 Å². The summed E-state index contributed by atoms with van der Waals surface area (Å²) >= 11 is 7.15. The molecule has 4 atom stereocenters.